The average molecular weight is 459 g/mol. The van der Waals surface area contributed by atoms with Crippen LogP contribution in [0.15, 0.2) is 23.0 Å². The second kappa shape index (κ2) is 7.94. The summed E-state index contributed by atoms with van der Waals surface area (Å²) in [5, 5.41) is 4.33. The minimum atomic E-state index is -0.594. The quantitative estimate of drug-likeness (QED) is 0.594. The number of amides is 1. The van der Waals surface area contributed by atoms with Crippen LogP contribution in [0.4, 0.5) is 16.7 Å². The second-order valence-electron chi connectivity index (χ2n) is 8.20. The lowest BCUT2D eigenvalue weighted by atomic mass is 10.1. The number of hydrogen-bond donors (Lipinski definition) is 2. The number of H-pyrrole nitrogens is 1. The van der Waals surface area contributed by atoms with Gasteiger partial charge in [0.15, 0.2) is 0 Å². The first-order chi connectivity index (χ1) is 15.1. The number of halogens is 1. The van der Waals surface area contributed by atoms with Gasteiger partial charge in [-0.15, -0.1) is 0 Å². The van der Waals surface area contributed by atoms with Gasteiger partial charge in [0.05, 0.1) is 29.2 Å². The summed E-state index contributed by atoms with van der Waals surface area (Å²) < 4.78 is 10.4. The average Bonchev–Trinajstić information content (AvgIpc) is 2.99. The van der Waals surface area contributed by atoms with Gasteiger partial charge < -0.3 is 19.8 Å². The lowest BCUT2D eigenvalue weighted by Crippen LogP contribution is -2.43. The molecule has 0 aliphatic carbocycles. The summed E-state index contributed by atoms with van der Waals surface area (Å²) in [6, 6.07) is 4.72. The van der Waals surface area contributed by atoms with Crippen molar-refractivity contribution in [3.63, 3.8) is 0 Å². The van der Waals surface area contributed by atoms with E-state index in [4.69, 9.17) is 21.1 Å². The predicted molar refractivity (Wildman–Crippen MR) is 121 cm³/mol. The normalized spacial score (nSPS) is 16.2. The van der Waals surface area contributed by atoms with Crippen molar-refractivity contribution in [2.45, 2.75) is 39.3 Å². The molecule has 0 saturated carbocycles. The van der Waals surface area contributed by atoms with Crippen molar-refractivity contribution in [1.82, 2.24) is 19.9 Å². The number of aromatic nitrogens is 4. The summed E-state index contributed by atoms with van der Waals surface area (Å²) >= 11 is 6.23. The highest BCUT2D eigenvalue weighted by molar-refractivity contribution is 6.32. The van der Waals surface area contributed by atoms with Gasteiger partial charge >= 0.3 is 6.09 Å². The summed E-state index contributed by atoms with van der Waals surface area (Å²) in [6.07, 6.45) is -0.516. The van der Waals surface area contributed by atoms with Gasteiger partial charge in [-0.3, -0.25) is 4.79 Å². The maximum absolute atomic E-state index is 12.7. The van der Waals surface area contributed by atoms with Crippen molar-refractivity contribution in [2.75, 3.05) is 23.9 Å². The van der Waals surface area contributed by atoms with Gasteiger partial charge in [0.25, 0.3) is 5.56 Å². The number of pyridine rings is 1. The Kier molecular flexibility index (Phi) is 5.41. The number of nitrogens with zero attached hydrogens (tertiary/aromatic N) is 4. The fourth-order valence-electron chi connectivity index (χ4n) is 3.57. The molecule has 32 heavy (non-hydrogen) atoms. The van der Waals surface area contributed by atoms with E-state index in [0.717, 1.165) is 5.39 Å². The molecule has 168 valence electrons. The number of methoxy groups -OCH3 is 1. The smallest absolute Gasteiger partial charge is 0.417 e. The Bertz CT molecular complexity index is 1280. The molecule has 3 aromatic rings. The third-order valence-corrected chi connectivity index (χ3v) is 5.53. The third kappa shape index (κ3) is 3.93. The van der Waals surface area contributed by atoms with Crippen LogP contribution in [-0.2, 0) is 4.74 Å². The van der Waals surface area contributed by atoms with Crippen molar-refractivity contribution >= 4 is 40.5 Å². The number of rotatable bonds is 5. The second-order valence-corrected chi connectivity index (χ2v) is 8.61. The number of cyclic esters (lactones) is 1. The van der Waals surface area contributed by atoms with Crippen molar-refractivity contribution in [2.24, 2.45) is 0 Å². The van der Waals surface area contributed by atoms with Crippen LogP contribution in [0, 0.1) is 6.92 Å². The molecule has 0 spiro atoms. The number of aromatic amines is 1. The summed E-state index contributed by atoms with van der Waals surface area (Å²) in [6.45, 7) is 7.47. The summed E-state index contributed by atoms with van der Waals surface area (Å²) in [5.41, 5.74) is 0.223. The summed E-state index contributed by atoms with van der Waals surface area (Å²) in [7, 11) is 1.51. The Morgan fingerprint density at radius 1 is 1.25 bits per heavy atom. The monoisotopic (exact) mass is 458 g/mol. The van der Waals surface area contributed by atoms with Crippen molar-refractivity contribution in [1.29, 1.82) is 0 Å². The Morgan fingerprint density at radius 2 is 2.00 bits per heavy atom. The summed E-state index contributed by atoms with van der Waals surface area (Å²) in [5.74, 6) is 1.32. The highest BCUT2D eigenvalue weighted by Gasteiger charge is 2.43. The Balaban J connectivity index is 1.67. The summed E-state index contributed by atoms with van der Waals surface area (Å²) in [4.78, 5) is 42.2. The molecule has 1 aliphatic rings. The van der Waals surface area contributed by atoms with Crippen LogP contribution in [0.2, 0.25) is 5.02 Å². The van der Waals surface area contributed by atoms with Crippen molar-refractivity contribution < 1.29 is 14.3 Å². The molecule has 1 amide bonds. The molecule has 1 aromatic carbocycles. The SMILES string of the molecule is COc1cc2[nH]c(=O)c([C@H](C)Nc3nc(C)nc(N4C(=O)OCC4(C)C)n3)cc2cc1Cl. The number of hydrogen-bond acceptors (Lipinski definition) is 8. The van der Waals surface area contributed by atoms with Gasteiger partial charge in [-0.25, -0.2) is 9.69 Å². The van der Waals surface area contributed by atoms with Gasteiger partial charge in [0.1, 0.15) is 18.2 Å². The van der Waals surface area contributed by atoms with E-state index >= 15 is 0 Å². The third-order valence-electron chi connectivity index (χ3n) is 5.23. The highest BCUT2D eigenvalue weighted by Crippen LogP contribution is 2.30. The van der Waals surface area contributed by atoms with Gasteiger partial charge in [-0.2, -0.15) is 15.0 Å². The van der Waals surface area contributed by atoms with Crippen LogP contribution in [0.5, 0.6) is 5.75 Å². The van der Waals surface area contributed by atoms with Crippen LogP contribution in [-0.4, -0.2) is 45.3 Å². The molecule has 1 aliphatic heterocycles. The maximum Gasteiger partial charge on any atom is 0.417 e. The fourth-order valence-corrected chi connectivity index (χ4v) is 3.82. The lowest BCUT2D eigenvalue weighted by Gasteiger charge is -2.26. The van der Waals surface area contributed by atoms with E-state index in [9.17, 15) is 9.59 Å². The predicted octanol–water partition coefficient (Wildman–Crippen LogP) is 3.59. The molecule has 0 unspecified atom stereocenters. The zero-order valence-electron chi connectivity index (χ0n) is 18.3. The topological polar surface area (TPSA) is 122 Å². The Hall–Kier alpha value is -3.40. The van der Waals surface area contributed by atoms with Crippen LogP contribution in [0.3, 0.4) is 0 Å². The zero-order valence-corrected chi connectivity index (χ0v) is 19.1. The first-order valence-electron chi connectivity index (χ1n) is 9.96. The van der Waals surface area contributed by atoms with Crippen LogP contribution >= 0.6 is 11.6 Å². The Morgan fingerprint density at radius 3 is 2.66 bits per heavy atom. The number of fused-ring (bicyclic) bond motifs is 1. The maximum atomic E-state index is 12.7. The molecular formula is C21H23ClN6O4. The van der Waals surface area contributed by atoms with Crippen LogP contribution < -0.4 is 20.5 Å². The first-order valence-corrected chi connectivity index (χ1v) is 10.3. The van der Waals surface area contributed by atoms with Gasteiger partial charge in [0, 0.05) is 17.0 Å². The van der Waals surface area contributed by atoms with E-state index in [1.807, 2.05) is 20.8 Å². The number of aryl methyl sites for hydroxylation is 1. The molecular weight excluding hydrogens is 436 g/mol. The molecule has 1 atom stereocenters. The number of nitrogens with one attached hydrogen (secondary N) is 2. The van der Waals surface area contributed by atoms with E-state index in [1.165, 1.54) is 12.0 Å². The molecule has 0 radical (unpaired) electrons. The molecule has 11 heteroatoms. The number of ether oxygens (including phenoxy) is 2. The van der Waals surface area contributed by atoms with Crippen LogP contribution in [0.1, 0.15) is 38.2 Å². The van der Waals surface area contributed by atoms with E-state index in [0.29, 0.717) is 27.7 Å². The standard InChI is InChI=1S/C21H23ClN6O4/c1-10(13-6-12-7-14(22)16(31-5)8-15(12)26-17(13)29)23-18-24-11(2)25-19(27-18)28-20(30)32-9-21(28,3)4/h6-8,10H,9H2,1-5H3,(H,26,29)(H,23,24,25,27)/t10-/m0/s1. The fraction of sp³-hybridized carbons (Fsp3) is 0.381. The number of carbonyl (C=O) groups excluding carboxylic acids is 1. The minimum absolute atomic E-state index is 0.186. The Labute approximate surface area is 188 Å². The van der Waals surface area contributed by atoms with Gasteiger partial charge in [0.2, 0.25) is 11.9 Å². The van der Waals surface area contributed by atoms with E-state index in [1.54, 1.807) is 25.1 Å². The minimum Gasteiger partial charge on any atom is -0.495 e. The van der Waals surface area contributed by atoms with Crippen molar-refractivity contribution in [3.8, 4) is 5.75 Å². The molecule has 10 nitrogen and oxygen atoms in total. The van der Waals surface area contributed by atoms with Gasteiger partial charge in [-0.1, -0.05) is 11.6 Å². The molecule has 2 N–H and O–H groups in total. The number of anilines is 2. The van der Waals surface area contributed by atoms with E-state index in [-0.39, 0.29) is 24.1 Å². The molecule has 1 saturated heterocycles. The highest BCUT2D eigenvalue weighted by atomic mass is 35.5. The number of benzene rings is 1. The largest absolute Gasteiger partial charge is 0.495 e. The number of carbonyl (C=O) groups is 1. The molecule has 2 aromatic heterocycles. The lowest BCUT2D eigenvalue weighted by molar-refractivity contribution is 0.175. The zero-order chi connectivity index (χ0) is 23.2. The van der Waals surface area contributed by atoms with Crippen LogP contribution in [0.25, 0.3) is 10.9 Å². The van der Waals surface area contributed by atoms with E-state index < -0.39 is 17.7 Å². The molecule has 4 rings (SSSR count). The molecule has 3 heterocycles. The molecule has 0 bridgehead atoms. The van der Waals surface area contributed by atoms with E-state index in [2.05, 4.69) is 25.3 Å². The first kappa shape index (κ1) is 21.8. The van der Waals surface area contributed by atoms with Gasteiger partial charge in [-0.05, 0) is 39.8 Å². The van der Waals surface area contributed by atoms with Crippen molar-refractivity contribution in [3.05, 3.63) is 45.0 Å². The molecule has 1 fully saturated rings.